The summed E-state index contributed by atoms with van der Waals surface area (Å²) in [6.45, 7) is 1.94. The van der Waals surface area contributed by atoms with Crippen molar-refractivity contribution in [1.29, 1.82) is 0 Å². The Bertz CT molecular complexity index is 1230. The van der Waals surface area contributed by atoms with Gasteiger partial charge in [-0.2, -0.15) is 13.2 Å². The van der Waals surface area contributed by atoms with Crippen LogP contribution in [0.4, 0.5) is 33.9 Å². The molecule has 0 amide bonds. The van der Waals surface area contributed by atoms with Crippen molar-refractivity contribution in [3.8, 4) is 0 Å². The Morgan fingerprint density at radius 1 is 1.08 bits per heavy atom. The minimum absolute atomic E-state index is 0. The lowest BCUT2D eigenvalue weighted by atomic mass is 10.0. The lowest BCUT2D eigenvalue weighted by Crippen LogP contribution is -2.53. The molecular formula is C24H25Cl2F4N5S. The molecule has 194 valence electrons. The summed E-state index contributed by atoms with van der Waals surface area (Å²) < 4.78 is 54.0. The number of aliphatic imine (C=N–C) groups is 1. The van der Waals surface area contributed by atoms with Crippen LogP contribution in [0.25, 0.3) is 0 Å². The number of benzene rings is 2. The number of para-hydroxylation sites is 2. The Kier molecular flexibility index (Phi) is 8.87. The first kappa shape index (κ1) is 28.2. The van der Waals surface area contributed by atoms with Crippen LogP contribution in [0.2, 0.25) is 0 Å². The number of nitrogens with zero attached hydrogens (tertiary/aromatic N) is 4. The monoisotopic (exact) mass is 561 g/mol. The van der Waals surface area contributed by atoms with Gasteiger partial charge in [0.25, 0.3) is 0 Å². The van der Waals surface area contributed by atoms with Crippen LogP contribution < -0.4 is 5.32 Å². The highest BCUT2D eigenvalue weighted by Gasteiger charge is 2.39. The van der Waals surface area contributed by atoms with Gasteiger partial charge in [-0.15, -0.1) is 24.8 Å². The van der Waals surface area contributed by atoms with Crippen molar-refractivity contribution < 1.29 is 17.6 Å². The SMILES string of the molecule is CN1CCN(C2=Nc3ccccc3Nc3sc(C(F)(F)F)nc32)C[C@@H]1CCc1cccc(F)c1.Cl.Cl. The van der Waals surface area contributed by atoms with Crippen LogP contribution in [0.1, 0.15) is 22.7 Å². The molecule has 0 bridgehead atoms. The average molecular weight is 562 g/mol. The van der Waals surface area contributed by atoms with Crippen molar-refractivity contribution in [3.63, 3.8) is 0 Å². The molecule has 2 aliphatic heterocycles. The number of rotatable bonds is 3. The first-order chi connectivity index (χ1) is 16.3. The molecule has 3 heterocycles. The van der Waals surface area contributed by atoms with E-state index in [2.05, 4.69) is 15.2 Å². The zero-order chi connectivity index (χ0) is 23.9. The van der Waals surface area contributed by atoms with Crippen molar-refractivity contribution in [1.82, 2.24) is 14.8 Å². The Morgan fingerprint density at radius 2 is 1.86 bits per heavy atom. The molecule has 0 unspecified atom stereocenters. The number of fused-ring (bicyclic) bond motifs is 2. The number of piperazine rings is 1. The first-order valence-electron chi connectivity index (χ1n) is 11.0. The largest absolute Gasteiger partial charge is 0.443 e. The third-order valence-corrected chi connectivity index (χ3v) is 7.21. The number of thiazole rings is 1. The fourth-order valence-electron chi connectivity index (χ4n) is 4.34. The average Bonchev–Trinajstić information content (AvgIpc) is 3.16. The van der Waals surface area contributed by atoms with Crippen LogP contribution in [0.5, 0.6) is 0 Å². The molecule has 1 aromatic heterocycles. The minimum atomic E-state index is -4.53. The summed E-state index contributed by atoms with van der Waals surface area (Å²) in [6.07, 6.45) is -3.04. The maximum absolute atomic E-state index is 13.6. The van der Waals surface area contributed by atoms with Crippen molar-refractivity contribution in [3.05, 3.63) is 70.6 Å². The number of anilines is 2. The zero-order valence-electron chi connectivity index (χ0n) is 19.3. The predicted octanol–water partition coefficient (Wildman–Crippen LogP) is 6.53. The van der Waals surface area contributed by atoms with Gasteiger partial charge in [0, 0.05) is 25.7 Å². The van der Waals surface area contributed by atoms with Gasteiger partial charge in [0.1, 0.15) is 16.5 Å². The van der Waals surface area contributed by atoms with Crippen molar-refractivity contribution in [2.45, 2.75) is 25.1 Å². The maximum atomic E-state index is 13.6. The number of hydrogen-bond acceptors (Lipinski definition) is 6. The van der Waals surface area contributed by atoms with E-state index in [0.29, 0.717) is 53.1 Å². The second kappa shape index (κ2) is 11.3. The topological polar surface area (TPSA) is 43.8 Å². The van der Waals surface area contributed by atoms with E-state index in [-0.39, 0.29) is 42.4 Å². The Labute approximate surface area is 223 Å². The van der Waals surface area contributed by atoms with Gasteiger partial charge in [-0.25, -0.2) is 14.4 Å². The standard InChI is InChI=1S/C24H23F4N5S.2ClH/c1-32-11-12-33(14-17(32)10-9-15-5-4-6-16(25)13-15)21-20-22(34-23(31-20)24(26,27)28)30-19-8-3-2-7-18(19)29-21;;/h2-8,13,17,30H,9-12,14H2,1H3;2*1H/t17-;;/m0../s1. The second-order valence-corrected chi connectivity index (χ2v) is 9.52. The summed E-state index contributed by atoms with van der Waals surface area (Å²) in [5.74, 6) is 0.190. The molecule has 0 saturated carbocycles. The van der Waals surface area contributed by atoms with E-state index in [4.69, 9.17) is 4.99 Å². The summed E-state index contributed by atoms with van der Waals surface area (Å²) in [4.78, 5) is 13.0. The molecule has 5 rings (SSSR count). The molecule has 1 atom stereocenters. The van der Waals surface area contributed by atoms with Crippen LogP contribution in [-0.2, 0) is 12.6 Å². The Balaban J connectivity index is 0.00000180. The van der Waals surface area contributed by atoms with Gasteiger partial charge in [-0.3, -0.25) is 4.90 Å². The van der Waals surface area contributed by atoms with Crippen LogP contribution in [0.3, 0.4) is 0 Å². The van der Waals surface area contributed by atoms with Crippen LogP contribution in [0.15, 0.2) is 53.5 Å². The van der Waals surface area contributed by atoms with Crippen molar-refractivity contribution in [2.24, 2.45) is 4.99 Å². The number of amidine groups is 1. The van der Waals surface area contributed by atoms with Crippen LogP contribution in [0, 0.1) is 5.82 Å². The summed E-state index contributed by atoms with van der Waals surface area (Å²) in [6, 6.07) is 14.0. The molecule has 36 heavy (non-hydrogen) atoms. The van der Waals surface area contributed by atoms with Gasteiger partial charge in [0.05, 0.1) is 11.4 Å². The lowest BCUT2D eigenvalue weighted by molar-refractivity contribution is -0.137. The lowest BCUT2D eigenvalue weighted by Gasteiger charge is -2.40. The van der Waals surface area contributed by atoms with Gasteiger partial charge in [0.15, 0.2) is 5.84 Å². The summed E-state index contributed by atoms with van der Waals surface area (Å²) in [5, 5.41) is 2.55. The van der Waals surface area contributed by atoms with Gasteiger partial charge in [-0.1, -0.05) is 35.6 Å². The fourth-order valence-corrected chi connectivity index (χ4v) is 5.18. The van der Waals surface area contributed by atoms with Gasteiger partial charge < -0.3 is 10.2 Å². The molecule has 5 nitrogen and oxygen atoms in total. The van der Waals surface area contributed by atoms with E-state index in [1.807, 2.05) is 36.2 Å². The first-order valence-corrected chi connectivity index (χ1v) is 11.8. The van der Waals surface area contributed by atoms with Crippen molar-refractivity contribution >= 4 is 58.4 Å². The predicted molar refractivity (Wildman–Crippen MR) is 140 cm³/mol. The van der Waals surface area contributed by atoms with Gasteiger partial charge in [0.2, 0.25) is 5.01 Å². The van der Waals surface area contributed by atoms with Crippen LogP contribution >= 0.6 is 36.2 Å². The molecule has 12 heteroatoms. The fraction of sp³-hybridized carbons (Fsp3) is 0.333. The highest BCUT2D eigenvalue weighted by Crippen LogP contribution is 2.42. The molecule has 1 saturated heterocycles. The van der Waals surface area contributed by atoms with E-state index in [9.17, 15) is 17.6 Å². The molecule has 0 spiro atoms. The summed E-state index contributed by atoms with van der Waals surface area (Å²) >= 11 is 0.597. The van der Waals surface area contributed by atoms with E-state index in [1.54, 1.807) is 18.2 Å². The van der Waals surface area contributed by atoms with E-state index >= 15 is 0 Å². The van der Waals surface area contributed by atoms with E-state index < -0.39 is 11.2 Å². The van der Waals surface area contributed by atoms with Gasteiger partial charge >= 0.3 is 6.18 Å². The smallest absolute Gasteiger partial charge is 0.352 e. The summed E-state index contributed by atoms with van der Waals surface area (Å²) in [7, 11) is 2.04. The molecule has 1 fully saturated rings. The highest BCUT2D eigenvalue weighted by atomic mass is 35.5. The second-order valence-electron chi connectivity index (χ2n) is 8.52. The van der Waals surface area contributed by atoms with Crippen molar-refractivity contribution in [2.75, 3.05) is 32.0 Å². The molecule has 2 aliphatic rings. The Hall–Kier alpha value is -2.40. The van der Waals surface area contributed by atoms with Crippen LogP contribution in [-0.4, -0.2) is 53.3 Å². The normalized spacial score (nSPS) is 17.5. The number of hydrogen-bond donors (Lipinski definition) is 1. The number of aryl methyl sites for hydroxylation is 1. The molecule has 0 radical (unpaired) electrons. The minimum Gasteiger partial charge on any atom is -0.352 e. The number of nitrogens with one attached hydrogen (secondary N) is 1. The van der Waals surface area contributed by atoms with E-state index in [0.717, 1.165) is 18.5 Å². The number of alkyl halides is 3. The maximum Gasteiger partial charge on any atom is 0.443 e. The number of halogens is 6. The molecular weight excluding hydrogens is 537 g/mol. The summed E-state index contributed by atoms with van der Waals surface area (Å²) in [5.41, 5.74) is 2.45. The third kappa shape index (κ3) is 5.94. The quantitative estimate of drug-likeness (QED) is 0.369. The molecule has 1 N–H and O–H groups in total. The number of aromatic nitrogens is 1. The Morgan fingerprint density at radius 3 is 2.61 bits per heavy atom. The van der Waals surface area contributed by atoms with E-state index in [1.165, 1.54) is 6.07 Å². The molecule has 2 aromatic carbocycles. The van der Waals surface area contributed by atoms with Gasteiger partial charge in [-0.05, 0) is 49.7 Å². The number of likely N-dealkylation sites (N-methyl/N-ethyl adjacent to an activating group) is 1. The zero-order valence-corrected chi connectivity index (χ0v) is 21.7. The molecule has 3 aromatic rings. The highest BCUT2D eigenvalue weighted by molar-refractivity contribution is 7.16. The molecule has 0 aliphatic carbocycles. The third-order valence-electron chi connectivity index (χ3n) is 6.19.